The molecule has 1 aliphatic carbocycles. The summed E-state index contributed by atoms with van der Waals surface area (Å²) in [6.45, 7) is 11.6. The fourth-order valence-electron chi connectivity index (χ4n) is 3.81. The third-order valence-corrected chi connectivity index (χ3v) is 5.84. The van der Waals surface area contributed by atoms with E-state index in [1.165, 1.54) is 36.0 Å². The van der Waals surface area contributed by atoms with E-state index in [1.54, 1.807) is 0 Å². The van der Waals surface area contributed by atoms with E-state index in [0.717, 1.165) is 51.4 Å². The van der Waals surface area contributed by atoms with Crippen LogP contribution in [0, 0.1) is 11.8 Å². The van der Waals surface area contributed by atoms with Crippen LogP contribution in [0.4, 0.5) is 0 Å². The first-order valence-electron chi connectivity index (χ1n) is 11.6. The van der Waals surface area contributed by atoms with Crippen molar-refractivity contribution in [3.8, 4) is 0 Å². The Hall–Kier alpha value is -1.31. The molecule has 2 heteroatoms. The van der Waals surface area contributed by atoms with Crippen molar-refractivity contribution < 1.29 is 9.53 Å². The molecule has 2 atom stereocenters. The van der Waals surface area contributed by atoms with Crippen LogP contribution in [-0.2, 0) is 9.53 Å². The third-order valence-electron chi connectivity index (χ3n) is 5.84. The highest BCUT2D eigenvalue weighted by Gasteiger charge is 2.24. The molecule has 0 spiro atoms. The number of hydrogen-bond acceptors (Lipinski definition) is 2. The molecule has 0 aliphatic heterocycles. The second-order valence-corrected chi connectivity index (χ2v) is 8.80. The topological polar surface area (TPSA) is 26.3 Å². The van der Waals surface area contributed by atoms with Crippen LogP contribution in [0.1, 0.15) is 105 Å². The summed E-state index contributed by atoms with van der Waals surface area (Å²) >= 11 is 0. The molecular weight excluding hydrogens is 344 g/mol. The van der Waals surface area contributed by atoms with Gasteiger partial charge in [-0.15, -0.1) is 0 Å². The lowest BCUT2D eigenvalue weighted by Gasteiger charge is -2.23. The van der Waals surface area contributed by atoms with E-state index in [2.05, 4.69) is 52.8 Å². The Bertz CT molecular complexity index is 535. The summed E-state index contributed by atoms with van der Waals surface area (Å²) in [6.07, 6.45) is 19.1. The van der Waals surface area contributed by atoms with E-state index >= 15 is 0 Å². The van der Waals surface area contributed by atoms with Gasteiger partial charge in [0.15, 0.2) is 0 Å². The Morgan fingerprint density at radius 2 is 2.00 bits per heavy atom. The molecule has 1 rings (SSSR count). The Kier molecular flexibility index (Phi) is 12.9. The van der Waals surface area contributed by atoms with E-state index in [9.17, 15) is 4.79 Å². The quantitative estimate of drug-likeness (QED) is 0.236. The van der Waals surface area contributed by atoms with Crippen molar-refractivity contribution in [1.29, 1.82) is 0 Å². The zero-order valence-corrected chi connectivity index (χ0v) is 19.2. The van der Waals surface area contributed by atoms with Crippen LogP contribution in [0.2, 0.25) is 0 Å². The largest absolute Gasteiger partial charge is 0.465 e. The first-order chi connectivity index (χ1) is 13.5. The minimum Gasteiger partial charge on any atom is -0.465 e. The van der Waals surface area contributed by atoms with Gasteiger partial charge in [0, 0.05) is 0 Å². The van der Waals surface area contributed by atoms with Gasteiger partial charge in [0.2, 0.25) is 0 Å². The Balaban J connectivity index is 2.35. The molecule has 0 amide bonds. The van der Waals surface area contributed by atoms with Crippen molar-refractivity contribution in [2.24, 2.45) is 11.8 Å². The summed E-state index contributed by atoms with van der Waals surface area (Å²) in [5.41, 5.74) is 4.32. The molecule has 0 radical (unpaired) electrons. The van der Waals surface area contributed by atoms with Crippen LogP contribution in [0.5, 0.6) is 0 Å². The molecule has 0 fully saturated rings. The number of ether oxygens (including phenoxy) is 1. The molecule has 2 unspecified atom stereocenters. The van der Waals surface area contributed by atoms with Gasteiger partial charge in [-0.05, 0) is 78.1 Å². The summed E-state index contributed by atoms with van der Waals surface area (Å²) in [5, 5.41) is 0. The van der Waals surface area contributed by atoms with Crippen LogP contribution in [0.15, 0.2) is 34.9 Å². The lowest BCUT2D eigenvalue weighted by Crippen LogP contribution is -2.23. The van der Waals surface area contributed by atoms with Crippen molar-refractivity contribution in [2.75, 3.05) is 6.61 Å². The fraction of sp³-hybridized carbons (Fsp3) is 0.731. The molecule has 160 valence electrons. The number of rotatable bonds is 13. The second kappa shape index (κ2) is 14.7. The minimum absolute atomic E-state index is 0.0361. The number of unbranched alkanes of at least 4 members (excludes halogenated alkanes) is 1. The van der Waals surface area contributed by atoms with E-state index < -0.39 is 0 Å². The van der Waals surface area contributed by atoms with Crippen LogP contribution in [0.3, 0.4) is 0 Å². The van der Waals surface area contributed by atoms with Gasteiger partial charge in [-0.1, -0.05) is 68.1 Å². The molecule has 0 N–H and O–H groups in total. The number of hydrogen-bond donors (Lipinski definition) is 0. The monoisotopic (exact) mass is 388 g/mol. The average Bonchev–Trinajstić information content (AvgIpc) is 2.68. The maximum absolute atomic E-state index is 12.5. The van der Waals surface area contributed by atoms with Crippen molar-refractivity contribution in [2.45, 2.75) is 105 Å². The first kappa shape index (κ1) is 24.7. The zero-order valence-electron chi connectivity index (χ0n) is 19.2. The second-order valence-electron chi connectivity index (χ2n) is 8.80. The molecule has 0 aromatic carbocycles. The van der Waals surface area contributed by atoms with Crippen LogP contribution >= 0.6 is 0 Å². The Morgan fingerprint density at radius 3 is 2.68 bits per heavy atom. The van der Waals surface area contributed by atoms with Gasteiger partial charge in [-0.3, -0.25) is 4.79 Å². The van der Waals surface area contributed by atoms with E-state index in [-0.39, 0.29) is 11.9 Å². The van der Waals surface area contributed by atoms with E-state index in [4.69, 9.17) is 4.74 Å². The highest BCUT2D eigenvalue weighted by molar-refractivity contribution is 5.73. The van der Waals surface area contributed by atoms with Gasteiger partial charge >= 0.3 is 5.97 Å². The normalized spacial score (nSPS) is 18.4. The summed E-state index contributed by atoms with van der Waals surface area (Å²) in [4.78, 5) is 12.5. The average molecular weight is 389 g/mol. The van der Waals surface area contributed by atoms with Crippen molar-refractivity contribution in [3.05, 3.63) is 34.9 Å². The number of allylic oxidation sites excluding steroid dienone is 6. The Morgan fingerprint density at radius 1 is 1.21 bits per heavy atom. The van der Waals surface area contributed by atoms with Gasteiger partial charge in [-0.2, -0.15) is 0 Å². The highest BCUT2D eigenvalue weighted by Crippen LogP contribution is 2.28. The summed E-state index contributed by atoms with van der Waals surface area (Å²) in [5.74, 6) is 0.641. The smallest absolute Gasteiger partial charge is 0.309 e. The summed E-state index contributed by atoms with van der Waals surface area (Å²) in [6, 6.07) is 0. The molecule has 0 bridgehead atoms. The van der Waals surface area contributed by atoms with Gasteiger partial charge in [0.25, 0.3) is 0 Å². The van der Waals surface area contributed by atoms with E-state index in [0.29, 0.717) is 12.5 Å². The van der Waals surface area contributed by atoms with Gasteiger partial charge in [0.05, 0.1) is 12.5 Å². The van der Waals surface area contributed by atoms with Gasteiger partial charge in [-0.25, -0.2) is 0 Å². The Labute approximate surface area is 174 Å². The predicted octanol–water partition coefficient (Wildman–Crippen LogP) is 7.95. The van der Waals surface area contributed by atoms with Crippen molar-refractivity contribution in [3.63, 3.8) is 0 Å². The van der Waals surface area contributed by atoms with Crippen molar-refractivity contribution >= 4 is 5.97 Å². The molecular formula is C26H44O2. The van der Waals surface area contributed by atoms with Gasteiger partial charge in [0.1, 0.15) is 0 Å². The molecule has 0 saturated heterocycles. The molecule has 0 aromatic rings. The third kappa shape index (κ3) is 10.9. The van der Waals surface area contributed by atoms with Crippen LogP contribution in [-0.4, -0.2) is 12.6 Å². The molecule has 0 heterocycles. The first-order valence-corrected chi connectivity index (χ1v) is 11.6. The number of carbonyl (C=O) groups excluding carboxylic acids is 1. The SMILES string of the molecule is CCCCC(CC)COC(=O)C1CCC=C(CCC=C(C)CCC=C(C)C)C1. The highest BCUT2D eigenvalue weighted by atomic mass is 16.5. The predicted molar refractivity (Wildman–Crippen MR) is 121 cm³/mol. The lowest BCUT2D eigenvalue weighted by molar-refractivity contribution is -0.150. The van der Waals surface area contributed by atoms with Crippen molar-refractivity contribution in [1.82, 2.24) is 0 Å². The standard InChI is InChI=1S/C26H44O2/c1-6-8-15-23(7-2)20-28-26(27)25-18-11-17-24(19-25)16-10-14-22(5)13-9-12-21(3)4/h12,14,17,23,25H,6-11,13,15-16,18-20H2,1-5H3. The molecule has 2 nitrogen and oxygen atoms in total. The zero-order chi connectivity index (χ0) is 20.8. The number of esters is 1. The molecule has 0 aromatic heterocycles. The fourth-order valence-corrected chi connectivity index (χ4v) is 3.81. The van der Waals surface area contributed by atoms with E-state index in [1.807, 2.05) is 0 Å². The molecule has 1 aliphatic rings. The summed E-state index contributed by atoms with van der Waals surface area (Å²) < 4.78 is 5.70. The van der Waals surface area contributed by atoms with Crippen LogP contribution in [0.25, 0.3) is 0 Å². The number of carbonyl (C=O) groups is 1. The maximum atomic E-state index is 12.5. The van der Waals surface area contributed by atoms with Gasteiger partial charge < -0.3 is 4.74 Å². The summed E-state index contributed by atoms with van der Waals surface area (Å²) in [7, 11) is 0. The molecule has 28 heavy (non-hydrogen) atoms. The minimum atomic E-state index is 0.0361. The lowest BCUT2D eigenvalue weighted by atomic mass is 9.86. The van der Waals surface area contributed by atoms with Crippen LogP contribution < -0.4 is 0 Å². The molecule has 0 saturated carbocycles. The maximum Gasteiger partial charge on any atom is 0.309 e.